The van der Waals surface area contributed by atoms with Crippen molar-refractivity contribution in [2.75, 3.05) is 6.61 Å². The molecule has 120 valence electrons. The number of rotatable bonds is 3. The molecule has 1 saturated heterocycles. The molecular formula is C16H12ClF2NO2S. The molecule has 1 amide bonds. The molecule has 7 heteroatoms. The third-order valence-electron chi connectivity index (χ3n) is 3.35. The summed E-state index contributed by atoms with van der Waals surface area (Å²) in [5, 5.41) is 2.82. The van der Waals surface area contributed by atoms with Crippen LogP contribution in [0.5, 0.6) is 0 Å². The topological polar surface area (TPSA) is 38.3 Å². The molecular weight excluding hydrogens is 344 g/mol. The number of hydrogen-bond acceptors (Lipinski definition) is 3. The summed E-state index contributed by atoms with van der Waals surface area (Å²) in [5.74, 6) is -3.18. The average Bonchev–Trinajstić information content (AvgIpc) is 2.53. The fraction of sp³-hybridized carbons (Fsp3) is 0.188. The maximum absolute atomic E-state index is 14.1. The highest BCUT2D eigenvalue weighted by atomic mass is 35.5. The molecule has 1 N–H and O–H groups in total. The third kappa shape index (κ3) is 3.59. The van der Waals surface area contributed by atoms with Gasteiger partial charge in [-0.15, -0.1) is 0 Å². The Morgan fingerprint density at radius 1 is 1.17 bits per heavy atom. The second-order valence-electron chi connectivity index (χ2n) is 5.01. The van der Waals surface area contributed by atoms with E-state index in [0.717, 1.165) is 4.90 Å². The zero-order valence-corrected chi connectivity index (χ0v) is 13.3. The van der Waals surface area contributed by atoms with E-state index in [1.807, 2.05) is 12.1 Å². The van der Waals surface area contributed by atoms with Gasteiger partial charge in [0.1, 0.15) is 6.04 Å². The Morgan fingerprint density at radius 2 is 1.87 bits per heavy atom. The van der Waals surface area contributed by atoms with Crippen LogP contribution in [0.15, 0.2) is 58.3 Å². The van der Waals surface area contributed by atoms with Gasteiger partial charge in [0, 0.05) is 14.8 Å². The number of carbonyl (C=O) groups is 1. The van der Waals surface area contributed by atoms with Crippen LogP contribution in [-0.2, 0) is 4.74 Å². The van der Waals surface area contributed by atoms with Crippen molar-refractivity contribution in [2.45, 2.75) is 21.8 Å². The summed E-state index contributed by atoms with van der Waals surface area (Å²) in [4.78, 5) is 12.9. The van der Waals surface area contributed by atoms with Crippen molar-refractivity contribution in [1.82, 2.24) is 5.32 Å². The van der Waals surface area contributed by atoms with E-state index in [0.29, 0.717) is 15.5 Å². The summed E-state index contributed by atoms with van der Waals surface area (Å²) >= 11 is 7.19. The van der Waals surface area contributed by atoms with Gasteiger partial charge in [-0.25, -0.2) is 13.6 Å². The van der Waals surface area contributed by atoms with Gasteiger partial charge < -0.3 is 10.1 Å². The van der Waals surface area contributed by atoms with Gasteiger partial charge in [-0.05, 0) is 35.9 Å². The molecule has 0 spiro atoms. The maximum atomic E-state index is 14.1. The molecule has 0 unspecified atom stereocenters. The van der Waals surface area contributed by atoms with Crippen molar-refractivity contribution in [3.63, 3.8) is 0 Å². The summed E-state index contributed by atoms with van der Waals surface area (Å²) < 4.78 is 32.7. The van der Waals surface area contributed by atoms with E-state index in [4.69, 9.17) is 11.6 Å². The normalized spacial score (nSPS) is 19.8. The number of amides is 1. The Bertz CT molecular complexity index is 724. The van der Waals surface area contributed by atoms with Crippen LogP contribution in [0.2, 0.25) is 5.02 Å². The lowest BCUT2D eigenvalue weighted by Crippen LogP contribution is -2.49. The zero-order chi connectivity index (χ0) is 16.4. The van der Waals surface area contributed by atoms with Crippen molar-refractivity contribution in [1.29, 1.82) is 0 Å². The number of benzene rings is 2. The van der Waals surface area contributed by atoms with Gasteiger partial charge in [0.25, 0.3) is 0 Å². The molecule has 2 aromatic carbocycles. The minimum atomic E-state index is -3.18. The number of halogens is 3. The summed E-state index contributed by atoms with van der Waals surface area (Å²) in [6.45, 7) is -0.927. The van der Waals surface area contributed by atoms with Crippen LogP contribution in [0.4, 0.5) is 13.6 Å². The zero-order valence-electron chi connectivity index (χ0n) is 11.8. The van der Waals surface area contributed by atoms with Crippen molar-refractivity contribution in [2.24, 2.45) is 0 Å². The number of alkyl halides is 2. The number of carbonyl (C=O) groups excluding carboxylic acids is 1. The number of hydrogen-bond donors (Lipinski definition) is 1. The summed E-state index contributed by atoms with van der Waals surface area (Å²) in [7, 11) is 0. The standard InChI is InChI=1S/C16H12ClF2NO2S/c17-10-5-7-11(8-6-10)23-13-4-2-1-3-12(13)14-16(18,19)9-22-15(21)20-14/h1-8,14H,9H2,(H,20,21)/t14-/m1/s1. The monoisotopic (exact) mass is 355 g/mol. The highest BCUT2D eigenvalue weighted by Crippen LogP contribution is 2.40. The van der Waals surface area contributed by atoms with Crippen LogP contribution in [0.25, 0.3) is 0 Å². The molecule has 23 heavy (non-hydrogen) atoms. The number of nitrogens with one attached hydrogen (secondary N) is 1. The predicted molar refractivity (Wildman–Crippen MR) is 84.2 cm³/mol. The maximum Gasteiger partial charge on any atom is 0.408 e. The van der Waals surface area contributed by atoms with Gasteiger partial charge in [0.2, 0.25) is 0 Å². The molecule has 2 aromatic rings. The largest absolute Gasteiger partial charge is 0.443 e. The van der Waals surface area contributed by atoms with Crippen LogP contribution in [0, 0.1) is 0 Å². The van der Waals surface area contributed by atoms with E-state index in [9.17, 15) is 13.6 Å². The third-order valence-corrected chi connectivity index (χ3v) is 4.70. The highest BCUT2D eigenvalue weighted by Gasteiger charge is 2.47. The van der Waals surface area contributed by atoms with Crippen LogP contribution in [-0.4, -0.2) is 18.6 Å². The van der Waals surface area contributed by atoms with Gasteiger partial charge in [-0.3, -0.25) is 0 Å². The van der Waals surface area contributed by atoms with Crippen LogP contribution < -0.4 is 5.32 Å². The Hall–Kier alpha value is -1.79. The van der Waals surface area contributed by atoms with Crippen molar-refractivity contribution in [3.8, 4) is 0 Å². The molecule has 1 atom stereocenters. The highest BCUT2D eigenvalue weighted by molar-refractivity contribution is 7.99. The molecule has 1 aliphatic heterocycles. The Labute approximate surface area is 141 Å². The van der Waals surface area contributed by atoms with Gasteiger partial charge in [0.15, 0.2) is 6.61 Å². The SMILES string of the molecule is O=C1N[C@H](c2ccccc2Sc2ccc(Cl)cc2)C(F)(F)CO1. The minimum Gasteiger partial charge on any atom is -0.443 e. The first-order valence-corrected chi connectivity index (χ1v) is 7.98. The van der Waals surface area contributed by atoms with E-state index in [1.165, 1.54) is 11.8 Å². The second kappa shape index (κ2) is 6.37. The predicted octanol–water partition coefficient (Wildman–Crippen LogP) is 4.91. The lowest BCUT2D eigenvalue weighted by Gasteiger charge is -2.32. The Balaban J connectivity index is 1.93. The van der Waals surface area contributed by atoms with E-state index in [1.54, 1.807) is 36.4 Å². The van der Waals surface area contributed by atoms with Crippen LogP contribution in [0.1, 0.15) is 11.6 Å². The Kier molecular flexibility index (Phi) is 4.46. The van der Waals surface area contributed by atoms with E-state index < -0.39 is 24.7 Å². The molecule has 1 fully saturated rings. The van der Waals surface area contributed by atoms with Crippen molar-refractivity contribution >= 4 is 29.5 Å². The molecule has 1 aliphatic rings. The smallest absolute Gasteiger partial charge is 0.408 e. The van der Waals surface area contributed by atoms with E-state index >= 15 is 0 Å². The van der Waals surface area contributed by atoms with Crippen molar-refractivity contribution < 1.29 is 18.3 Å². The average molecular weight is 356 g/mol. The van der Waals surface area contributed by atoms with Gasteiger partial charge >= 0.3 is 12.0 Å². The van der Waals surface area contributed by atoms with Gasteiger partial charge in [-0.2, -0.15) is 0 Å². The van der Waals surface area contributed by atoms with Crippen LogP contribution >= 0.6 is 23.4 Å². The quantitative estimate of drug-likeness (QED) is 0.850. The summed E-state index contributed by atoms with van der Waals surface area (Å²) in [5.41, 5.74) is 0.356. The lowest BCUT2D eigenvalue weighted by atomic mass is 10.00. The molecule has 0 aromatic heterocycles. The Morgan fingerprint density at radius 3 is 2.61 bits per heavy atom. The van der Waals surface area contributed by atoms with Crippen LogP contribution in [0.3, 0.4) is 0 Å². The minimum absolute atomic E-state index is 0.356. The molecule has 1 heterocycles. The van der Waals surface area contributed by atoms with Gasteiger partial charge in [-0.1, -0.05) is 41.6 Å². The molecule has 3 nitrogen and oxygen atoms in total. The molecule has 0 bridgehead atoms. The van der Waals surface area contributed by atoms with E-state index in [2.05, 4.69) is 10.1 Å². The van der Waals surface area contributed by atoms with E-state index in [-0.39, 0.29) is 0 Å². The molecule has 0 radical (unpaired) electrons. The molecule has 0 aliphatic carbocycles. The van der Waals surface area contributed by atoms with Crippen molar-refractivity contribution in [3.05, 3.63) is 59.1 Å². The summed E-state index contributed by atoms with van der Waals surface area (Å²) in [6.07, 6.45) is -0.841. The van der Waals surface area contributed by atoms with Gasteiger partial charge in [0.05, 0.1) is 0 Å². The second-order valence-corrected chi connectivity index (χ2v) is 6.56. The molecule has 0 saturated carbocycles. The lowest BCUT2D eigenvalue weighted by molar-refractivity contribution is -0.104. The first kappa shape index (κ1) is 16.1. The first-order chi connectivity index (χ1) is 11.0. The number of cyclic esters (lactones) is 1. The fourth-order valence-corrected chi connectivity index (χ4v) is 3.36. The first-order valence-electron chi connectivity index (χ1n) is 6.79. The number of ether oxygens (including phenoxy) is 1. The number of alkyl carbamates (subject to hydrolysis) is 1. The summed E-state index contributed by atoms with van der Waals surface area (Å²) in [6, 6.07) is 12.4. The fourth-order valence-electron chi connectivity index (χ4n) is 2.26. The molecule has 3 rings (SSSR count).